The molecule has 0 aliphatic rings. The third-order valence-corrected chi connectivity index (χ3v) is 5.69. The van der Waals surface area contributed by atoms with Crippen molar-refractivity contribution < 1.29 is 23.4 Å². The molecule has 164 valence electrons. The van der Waals surface area contributed by atoms with Crippen molar-refractivity contribution in [3.63, 3.8) is 0 Å². The molecule has 0 radical (unpaired) electrons. The molecule has 0 spiro atoms. The van der Waals surface area contributed by atoms with Crippen molar-refractivity contribution in [3.8, 4) is 34.3 Å². The molecule has 0 aliphatic heterocycles. The third kappa shape index (κ3) is 4.28. The van der Waals surface area contributed by atoms with E-state index in [-0.39, 0.29) is 5.43 Å². The van der Waals surface area contributed by atoms with Gasteiger partial charge < -0.3 is 23.4 Å². The molecule has 0 N–H and O–H groups in total. The average Bonchev–Trinajstić information content (AvgIpc) is 2.78. The van der Waals surface area contributed by atoms with Gasteiger partial charge in [0.25, 0.3) is 0 Å². The van der Waals surface area contributed by atoms with Crippen LogP contribution >= 0.6 is 15.9 Å². The minimum atomic E-state index is -0.174. The van der Waals surface area contributed by atoms with E-state index >= 15 is 0 Å². The Bertz CT molecular complexity index is 1210. The van der Waals surface area contributed by atoms with E-state index < -0.39 is 0 Å². The number of ether oxygens (including phenoxy) is 4. The minimum absolute atomic E-state index is 0.174. The largest absolute Gasteiger partial charge is 0.497 e. The van der Waals surface area contributed by atoms with Crippen molar-refractivity contribution in [2.24, 2.45) is 0 Å². The maximum Gasteiger partial charge on any atom is 0.200 e. The Kier molecular flexibility index (Phi) is 6.95. The zero-order chi connectivity index (χ0) is 22.7. The first kappa shape index (κ1) is 22.7. The van der Waals surface area contributed by atoms with Gasteiger partial charge in [0.2, 0.25) is 5.43 Å². The lowest BCUT2D eigenvalue weighted by molar-refractivity contribution is 0.393. The molecule has 0 aliphatic carbocycles. The fourth-order valence-electron chi connectivity index (χ4n) is 3.32. The fourth-order valence-corrected chi connectivity index (χ4v) is 3.88. The molecule has 6 nitrogen and oxygen atoms in total. The summed E-state index contributed by atoms with van der Waals surface area (Å²) in [4.78, 5) is 13.7. The van der Waals surface area contributed by atoms with Gasteiger partial charge in [-0.25, -0.2) is 0 Å². The normalized spacial score (nSPS) is 10.7. The van der Waals surface area contributed by atoms with Crippen molar-refractivity contribution in [3.05, 3.63) is 56.2 Å². The first-order chi connectivity index (χ1) is 14.9. The Morgan fingerprint density at radius 1 is 0.968 bits per heavy atom. The molecule has 0 fully saturated rings. The van der Waals surface area contributed by atoms with Gasteiger partial charge in [-0.2, -0.15) is 0 Å². The topological polar surface area (TPSA) is 67.1 Å². The lowest BCUT2D eigenvalue weighted by Crippen LogP contribution is -2.13. The Hall–Kier alpha value is -2.93. The van der Waals surface area contributed by atoms with Crippen LogP contribution in [0.15, 0.2) is 49.6 Å². The number of hydrogen-bond acceptors (Lipinski definition) is 6. The van der Waals surface area contributed by atoms with Crippen molar-refractivity contribution in [1.29, 1.82) is 0 Å². The zero-order valence-corrected chi connectivity index (χ0v) is 20.0. The van der Waals surface area contributed by atoms with Crippen LogP contribution in [0.1, 0.15) is 19.4 Å². The summed E-state index contributed by atoms with van der Waals surface area (Å²) in [6, 6.07) is 7.04. The maximum atomic E-state index is 13.7. The molecule has 0 atom stereocenters. The maximum absolute atomic E-state index is 13.7. The van der Waals surface area contributed by atoms with Gasteiger partial charge in [-0.3, -0.25) is 4.79 Å². The number of methoxy groups -OCH3 is 4. The van der Waals surface area contributed by atoms with E-state index in [1.165, 1.54) is 7.11 Å². The van der Waals surface area contributed by atoms with E-state index in [9.17, 15) is 4.79 Å². The molecule has 0 amide bonds. The number of rotatable bonds is 7. The second-order valence-electron chi connectivity index (χ2n) is 7.09. The Morgan fingerprint density at radius 3 is 2.23 bits per heavy atom. The Morgan fingerprint density at radius 2 is 1.65 bits per heavy atom. The van der Waals surface area contributed by atoms with E-state index in [2.05, 4.69) is 15.9 Å². The summed E-state index contributed by atoms with van der Waals surface area (Å²) in [6.07, 6.45) is 2.39. The SMILES string of the molecule is COc1ccc(-c2oc3c(Br)c(OC)cc(OC)c3c(=O)c2CC=C(C)C)c(OC)c1. The van der Waals surface area contributed by atoms with Crippen molar-refractivity contribution in [2.45, 2.75) is 20.3 Å². The molecule has 0 bridgehead atoms. The lowest BCUT2D eigenvalue weighted by atomic mass is 10.00. The average molecular weight is 489 g/mol. The van der Waals surface area contributed by atoms with Gasteiger partial charge in [0.15, 0.2) is 5.58 Å². The first-order valence-electron chi connectivity index (χ1n) is 9.62. The summed E-state index contributed by atoms with van der Waals surface area (Å²) >= 11 is 3.52. The van der Waals surface area contributed by atoms with E-state index in [0.717, 1.165) is 5.57 Å². The third-order valence-electron chi connectivity index (χ3n) is 4.94. The van der Waals surface area contributed by atoms with Gasteiger partial charge in [0.1, 0.15) is 38.6 Å². The van der Waals surface area contributed by atoms with Gasteiger partial charge in [-0.15, -0.1) is 0 Å². The van der Waals surface area contributed by atoms with Crippen LogP contribution in [0.5, 0.6) is 23.0 Å². The Labute approximate surface area is 189 Å². The monoisotopic (exact) mass is 488 g/mol. The van der Waals surface area contributed by atoms with E-state index in [4.69, 9.17) is 23.4 Å². The molecule has 7 heteroatoms. The Balaban J connectivity index is 2.47. The molecule has 0 saturated heterocycles. The van der Waals surface area contributed by atoms with Gasteiger partial charge in [0.05, 0.1) is 34.0 Å². The van der Waals surface area contributed by atoms with Crippen LogP contribution in [0.4, 0.5) is 0 Å². The van der Waals surface area contributed by atoms with Crippen LogP contribution in [0.25, 0.3) is 22.3 Å². The highest BCUT2D eigenvalue weighted by molar-refractivity contribution is 9.10. The molecule has 1 aromatic heterocycles. The molecule has 1 heterocycles. The molecule has 0 saturated carbocycles. The van der Waals surface area contributed by atoms with Crippen LogP contribution < -0.4 is 24.4 Å². The number of fused-ring (bicyclic) bond motifs is 1. The summed E-state index contributed by atoms with van der Waals surface area (Å²) in [5, 5.41) is 0.351. The first-order valence-corrected chi connectivity index (χ1v) is 10.4. The highest BCUT2D eigenvalue weighted by Gasteiger charge is 2.24. The summed E-state index contributed by atoms with van der Waals surface area (Å²) in [7, 11) is 6.20. The van der Waals surface area contributed by atoms with Gasteiger partial charge >= 0.3 is 0 Å². The summed E-state index contributed by atoms with van der Waals surface area (Å²) in [5.74, 6) is 2.48. The van der Waals surface area contributed by atoms with Crippen molar-refractivity contribution in [1.82, 2.24) is 0 Å². The number of allylic oxidation sites excluding steroid dienone is 2. The molecule has 31 heavy (non-hydrogen) atoms. The van der Waals surface area contributed by atoms with Crippen LogP contribution in [0.3, 0.4) is 0 Å². The van der Waals surface area contributed by atoms with Gasteiger partial charge in [0, 0.05) is 17.7 Å². The lowest BCUT2D eigenvalue weighted by Gasteiger charge is -2.16. The van der Waals surface area contributed by atoms with Crippen LogP contribution in [0, 0.1) is 0 Å². The number of benzene rings is 2. The second kappa shape index (κ2) is 9.47. The zero-order valence-electron chi connectivity index (χ0n) is 18.4. The van der Waals surface area contributed by atoms with E-state index in [0.29, 0.717) is 61.7 Å². The highest BCUT2D eigenvalue weighted by Crippen LogP contribution is 2.42. The summed E-state index contributed by atoms with van der Waals surface area (Å²) in [6.45, 7) is 3.97. The standard InChI is InChI=1S/C24H25BrO6/c1-13(2)7-9-16-22(26)20-18(29-5)12-19(30-6)21(25)24(20)31-23(16)15-10-8-14(27-3)11-17(15)28-4/h7-8,10-12H,9H2,1-6H3. The molecule has 3 rings (SSSR count). The van der Waals surface area contributed by atoms with Crippen molar-refractivity contribution in [2.75, 3.05) is 28.4 Å². The molecule has 0 unspecified atom stereocenters. The molecular weight excluding hydrogens is 464 g/mol. The summed E-state index contributed by atoms with van der Waals surface area (Å²) in [5.41, 5.74) is 2.41. The van der Waals surface area contributed by atoms with Gasteiger partial charge in [-0.1, -0.05) is 11.6 Å². The van der Waals surface area contributed by atoms with Crippen LogP contribution in [-0.4, -0.2) is 28.4 Å². The predicted octanol–water partition coefficient (Wildman–Crippen LogP) is 5.77. The quantitative estimate of drug-likeness (QED) is 0.393. The second-order valence-corrected chi connectivity index (χ2v) is 7.88. The number of hydrogen-bond donors (Lipinski definition) is 0. The minimum Gasteiger partial charge on any atom is -0.497 e. The van der Waals surface area contributed by atoms with Gasteiger partial charge in [-0.05, 0) is 48.3 Å². The fraction of sp³-hybridized carbons (Fsp3) is 0.292. The van der Waals surface area contributed by atoms with Crippen LogP contribution in [-0.2, 0) is 6.42 Å². The van der Waals surface area contributed by atoms with Crippen LogP contribution in [0.2, 0.25) is 0 Å². The van der Waals surface area contributed by atoms with E-state index in [1.54, 1.807) is 39.5 Å². The predicted molar refractivity (Wildman–Crippen MR) is 125 cm³/mol. The molecule has 3 aromatic rings. The molecule has 2 aromatic carbocycles. The highest BCUT2D eigenvalue weighted by atomic mass is 79.9. The van der Waals surface area contributed by atoms with Crippen molar-refractivity contribution >= 4 is 26.9 Å². The molecular formula is C24H25BrO6. The van der Waals surface area contributed by atoms with E-state index in [1.807, 2.05) is 26.0 Å². The summed E-state index contributed by atoms with van der Waals surface area (Å²) < 4.78 is 28.7. The smallest absolute Gasteiger partial charge is 0.200 e. The number of halogens is 1.